The lowest BCUT2D eigenvalue weighted by molar-refractivity contribution is 0.0968. The van der Waals surface area contributed by atoms with E-state index in [1.165, 1.54) is 24.3 Å². The number of benzene rings is 1. The monoisotopic (exact) mass is 231 g/mol. The van der Waals surface area contributed by atoms with Gasteiger partial charge in [0.25, 0.3) is 5.76 Å². The molecule has 1 aromatic carbocycles. The Bertz CT molecular complexity index is 338. The Morgan fingerprint density at radius 3 is 2.27 bits per heavy atom. The lowest BCUT2D eigenvalue weighted by atomic mass is 10.1. The minimum atomic E-state index is -2.44. The van der Waals surface area contributed by atoms with Gasteiger partial charge in [0.05, 0.1) is 6.04 Å². The van der Waals surface area contributed by atoms with Crippen LogP contribution in [0.25, 0.3) is 0 Å². The van der Waals surface area contributed by atoms with E-state index in [4.69, 9.17) is 5.73 Å². The second-order valence-electron chi connectivity index (χ2n) is 3.06. The van der Waals surface area contributed by atoms with Crippen molar-refractivity contribution < 1.29 is 13.6 Å². The lowest BCUT2D eigenvalue weighted by Crippen LogP contribution is -2.26. The number of halogens is 2. The van der Waals surface area contributed by atoms with Crippen LogP contribution in [0.2, 0.25) is 0 Å². The summed E-state index contributed by atoms with van der Waals surface area (Å²) in [6.45, 7) is 1.59. The number of ketones is 1. The predicted octanol–water partition coefficient (Wildman–Crippen LogP) is 2.53. The van der Waals surface area contributed by atoms with E-state index in [0.717, 1.165) is 0 Å². The van der Waals surface area contributed by atoms with Gasteiger partial charge in [-0.15, -0.1) is 0 Å². The molecule has 0 amide bonds. The molecule has 5 heteroatoms. The molecule has 1 aromatic rings. The first-order valence-corrected chi connectivity index (χ1v) is 5.23. The molecular formula is C10H11F2NOS. The summed E-state index contributed by atoms with van der Waals surface area (Å²) < 4.78 is 24.0. The molecule has 1 unspecified atom stereocenters. The number of Topliss-reactive ketones (excluding diaryl/α,β-unsaturated/α-hetero) is 1. The van der Waals surface area contributed by atoms with Crippen molar-refractivity contribution in [1.82, 2.24) is 0 Å². The molecule has 0 saturated carbocycles. The molecule has 0 aliphatic heterocycles. The van der Waals surface area contributed by atoms with Crippen molar-refractivity contribution in [3.05, 3.63) is 29.8 Å². The topological polar surface area (TPSA) is 43.1 Å². The van der Waals surface area contributed by atoms with Crippen molar-refractivity contribution in [2.75, 3.05) is 0 Å². The van der Waals surface area contributed by atoms with Crippen LogP contribution < -0.4 is 5.73 Å². The average Bonchev–Trinajstić information content (AvgIpc) is 2.17. The summed E-state index contributed by atoms with van der Waals surface area (Å²) in [6, 6.07) is 5.43. The molecule has 0 aliphatic rings. The van der Waals surface area contributed by atoms with Crippen molar-refractivity contribution in [1.29, 1.82) is 0 Å². The normalized spacial score (nSPS) is 12.9. The SMILES string of the molecule is CC(N)C(=O)c1ccc(SC(F)F)cc1. The van der Waals surface area contributed by atoms with Gasteiger partial charge >= 0.3 is 0 Å². The van der Waals surface area contributed by atoms with Crippen LogP contribution in [0, 0.1) is 0 Å². The molecule has 0 aromatic heterocycles. The summed E-state index contributed by atoms with van der Waals surface area (Å²) in [7, 11) is 0. The number of carbonyl (C=O) groups is 1. The summed E-state index contributed by atoms with van der Waals surface area (Å²) in [5.41, 5.74) is 5.86. The molecule has 0 saturated heterocycles. The molecule has 2 nitrogen and oxygen atoms in total. The fourth-order valence-electron chi connectivity index (χ4n) is 1.06. The predicted molar refractivity (Wildman–Crippen MR) is 56.3 cm³/mol. The molecule has 1 atom stereocenters. The third-order valence-corrected chi connectivity index (χ3v) is 2.50. The smallest absolute Gasteiger partial charge is 0.288 e. The number of rotatable bonds is 4. The molecule has 0 heterocycles. The van der Waals surface area contributed by atoms with Crippen LogP contribution in [0.3, 0.4) is 0 Å². The Hall–Kier alpha value is -0.940. The number of thioether (sulfide) groups is 1. The van der Waals surface area contributed by atoms with Gasteiger partial charge in [-0.2, -0.15) is 8.78 Å². The number of alkyl halides is 2. The maximum Gasteiger partial charge on any atom is 0.288 e. The molecule has 1 rings (SSSR count). The van der Waals surface area contributed by atoms with Crippen molar-refractivity contribution in [3.8, 4) is 0 Å². The Morgan fingerprint density at radius 2 is 1.87 bits per heavy atom. The summed E-state index contributed by atoms with van der Waals surface area (Å²) in [6.07, 6.45) is 0. The second kappa shape index (κ2) is 5.23. The van der Waals surface area contributed by atoms with Gasteiger partial charge in [0.1, 0.15) is 0 Å². The van der Waals surface area contributed by atoms with Gasteiger partial charge in [0.15, 0.2) is 5.78 Å². The fraction of sp³-hybridized carbons (Fsp3) is 0.300. The van der Waals surface area contributed by atoms with Gasteiger partial charge in [-0.25, -0.2) is 0 Å². The third-order valence-electron chi connectivity index (χ3n) is 1.78. The largest absolute Gasteiger partial charge is 0.321 e. The molecule has 2 N–H and O–H groups in total. The van der Waals surface area contributed by atoms with Gasteiger partial charge in [-0.1, -0.05) is 23.9 Å². The van der Waals surface area contributed by atoms with Crippen LogP contribution in [0.1, 0.15) is 17.3 Å². The minimum Gasteiger partial charge on any atom is -0.321 e. The van der Waals surface area contributed by atoms with E-state index in [-0.39, 0.29) is 5.78 Å². The van der Waals surface area contributed by atoms with Gasteiger partial charge in [0.2, 0.25) is 0 Å². The molecule has 0 bridgehead atoms. The van der Waals surface area contributed by atoms with E-state index >= 15 is 0 Å². The van der Waals surface area contributed by atoms with Gasteiger partial charge < -0.3 is 5.73 Å². The molecule has 0 aliphatic carbocycles. The van der Waals surface area contributed by atoms with Crippen LogP contribution in [-0.2, 0) is 0 Å². The van der Waals surface area contributed by atoms with Crippen molar-refractivity contribution in [2.24, 2.45) is 5.73 Å². The first kappa shape index (κ1) is 12.1. The summed E-state index contributed by atoms with van der Waals surface area (Å²) in [5.74, 6) is -2.64. The number of hydrogen-bond acceptors (Lipinski definition) is 3. The zero-order valence-corrected chi connectivity index (χ0v) is 8.93. The van der Waals surface area contributed by atoms with Crippen LogP contribution in [-0.4, -0.2) is 17.6 Å². The van der Waals surface area contributed by atoms with Gasteiger partial charge in [-0.3, -0.25) is 4.79 Å². The average molecular weight is 231 g/mol. The van der Waals surface area contributed by atoms with Crippen LogP contribution in [0.15, 0.2) is 29.2 Å². The zero-order chi connectivity index (χ0) is 11.4. The standard InChI is InChI=1S/C10H11F2NOS/c1-6(13)9(14)7-2-4-8(5-3-7)15-10(11)12/h2-6,10H,13H2,1H3. The van der Waals surface area contributed by atoms with Crippen LogP contribution in [0.4, 0.5) is 8.78 Å². The Morgan fingerprint density at radius 1 is 1.33 bits per heavy atom. The highest BCUT2D eigenvalue weighted by molar-refractivity contribution is 7.99. The van der Waals surface area contributed by atoms with E-state index in [1.807, 2.05) is 0 Å². The van der Waals surface area contributed by atoms with Gasteiger partial charge in [-0.05, 0) is 19.1 Å². The first-order valence-electron chi connectivity index (χ1n) is 4.35. The van der Waals surface area contributed by atoms with E-state index in [9.17, 15) is 13.6 Å². The zero-order valence-electron chi connectivity index (χ0n) is 8.11. The quantitative estimate of drug-likeness (QED) is 0.639. The lowest BCUT2D eigenvalue weighted by Gasteiger charge is -2.05. The van der Waals surface area contributed by atoms with Crippen molar-refractivity contribution in [2.45, 2.75) is 23.6 Å². The highest BCUT2D eigenvalue weighted by atomic mass is 32.2. The van der Waals surface area contributed by atoms with Gasteiger partial charge in [0, 0.05) is 10.5 Å². The number of nitrogens with two attached hydrogens (primary N) is 1. The molecule has 0 radical (unpaired) electrons. The van der Waals surface area contributed by atoms with E-state index in [0.29, 0.717) is 22.2 Å². The maximum atomic E-state index is 12.0. The minimum absolute atomic E-state index is 0.191. The van der Waals surface area contributed by atoms with Crippen LogP contribution >= 0.6 is 11.8 Å². The Labute approximate surface area is 90.8 Å². The molecule has 15 heavy (non-hydrogen) atoms. The van der Waals surface area contributed by atoms with Crippen molar-refractivity contribution in [3.63, 3.8) is 0 Å². The molecule has 0 spiro atoms. The fourth-order valence-corrected chi connectivity index (χ4v) is 1.56. The van der Waals surface area contributed by atoms with Crippen LogP contribution in [0.5, 0.6) is 0 Å². The highest BCUT2D eigenvalue weighted by Crippen LogP contribution is 2.25. The second-order valence-corrected chi connectivity index (χ2v) is 4.12. The number of hydrogen-bond donors (Lipinski definition) is 1. The first-order chi connectivity index (χ1) is 7.00. The molecule has 0 fully saturated rings. The number of carbonyl (C=O) groups excluding carboxylic acids is 1. The van der Waals surface area contributed by atoms with E-state index in [2.05, 4.69) is 0 Å². The Balaban J connectivity index is 2.76. The maximum absolute atomic E-state index is 12.0. The van der Waals surface area contributed by atoms with Crippen molar-refractivity contribution >= 4 is 17.5 Å². The summed E-state index contributed by atoms with van der Waals surface area (Å²) >= 11 is 0.451. The van der Waals surface area contributed by atoms with E-state index in [1.54, 1.807) is 6.92 Å². The summed E-state index contributed by atoms with van der Waals surface area (Å²) in [5, 5.41) is 0. The highest BCUT2D eigenvalue weighted by Gasteiger charge is 2.11. The molecule has 82 valence electrons. The summed E-state index contributed by atoms with van der Waals surface area (Å²) in [4.78, 5) is 11.8. The molecular weight excluding hydrogens is 220 g/mol. The third kappa shape index (κ3) is 3.60. The van der Waals surface area contributed by atoms with E-state index < -0.39 is 11.8 Å². The Kier molecular flexibility index (Phi) is 4.23.